The van der Waals surface area contributed by atoms with E-state index >= 15 is 0 Å². The number of aliphatic imine (C=N–C) groups is 2. The first-order valence-electron chi connectivity index (χ1n) is 7.43. The molecule has 6 heteroatoms. The smallest absolute Gasteiger partial charge is 0.260 e. The minimum Gasteiger partial charge on any atom is -0.625 e. The number of thioether (sulfide) groups is 1. The van der Waals surface area contributed by atoms with E-state index in [4.69, 9.17) is 0 Å². The highest BCUT2D eigenvalue weighted by Gasteiger charge is 2.38. The normalized spacial score (nSPS) is 23.8. The maximum atomic E-state index is 13.1. The number of hydroxylamine groups is 3. The van der Waals surface area contributed by atoms with Crippen molar-refractivity contribution in [2.24, 2.45) is 9.98 Å². The van der Waals surface area contributed by atoms with Crippen molar-refractivity contribution in [1.29, 1.82) is 0 Å². The van der Waals surface area contributed by atoms with Gasteiger partial charge in [0.1, 0.15) is 5.03 Å². The van der Waals surface area contributed by atoms with Crippen LogP contribution >= 0.6 is 11.8 Å². The lowest BCUT2D eigenvalue weighted by atomic mass is 10.1. The van der Waals surface area contributed by atoms with Crippen LogP contribution in [0.1, 0.15) is 24.5 Å². The van der Waals surface area contributed by atoms with E-state index < -0.39 is 4.65 Å². The quantitative estimate of drug-likeness (QED) is 0.686. The zero-order valence-electron chi connectivity index (χ0n) is 13.1. The molecule has 0 amide bonds. The van der Waals surface area contributed by atoms with E-state index in [1.807, 2.05) is 44.4 Å². The molecular weight excluding hydrogens is 296 g/mol. The van der Waals surface area contributed by atoms with Gasteiger partial charge in [-0.05, 0) is 19.6 Å². The summed E-state index contributed by atoms with van der Waals surface area (Å²) in [6.07, 6.45) is 2.79. The van der Waals surface area contributed by atoms with E-state index in [0.29, 0.717) is 30.6 Å². The number of hydrogen-bond acceptors (Lipinski definition) is 5. The fourth-order valence-electron chi connectivity index (χ4n) is 2.68. The van der Waals surface area contributed by atoms with Crippen molar-refractivity contribution >= 4 is 23.4 Å². The fraction of sp³-hybridized carbons (Fsp3) is 0.375. The molecule has 1 N–H and O–H groups in total. The Kier molecular flexibility index (Phi) is 4.08. The van der Waals surface area contributed by atoms with Crippen LogP contribution in [0.25, 0.3) is 0 Å². The average molecular weight is 316 g/mol. The molecule has 2 heterocycles. The number of nitrogens with zero attached hydrogens (tertiary/aromatic N) is 3. The van der Waals surface area contributed by atoms with Crippen molar-refractivity contribution in [3.05, 3.63) is 51.3 Å². The molecule has 0 fully saturated rings. The van der Waals surface area contributed by atoms with Crippen LogP contribution in [-0.4, -0.2) is 35.8 Å². The molecule has 1 atom stereocenters. The zero-order chi connectivity index (χ0) is 15.7. The summed E-state index contributed by atoms with van der Waals surface area (Å²) in [6, 6.07) is 8.07. The predicted octanol–water partition coefficient (Wildman–Crippen LogP) is 2.97. The molecule has 3 rings (SSSR count). The second-order valence-corrected chi connectivity index (χ2v) is 6.38. The van der Waals surface area contributed by atoms with Gasteiger partial charge >= 0.3 is 0 Å². The van der Waals surface area contributed by atoms with Gasteiger partial charge in [0.2, 0.25) is 0 Å². The highest BCUT2D eigenvalue weighted by atomic mass is 32.2. The van der Waals surface area contributed by atoms with Crippen LogP contribution in [0.2, 0.25) is 0 Å². The van der Waals surface area contributed by atoms with E-state index in [2.05, 4.69) is 15.3 Å². The average Bonchev–Trinajstić information content (AvgIpc) is 2.95. The van der Waals surface area contributed by atoms with Gasteiger partial charge in [-0.1, -0.05) is 36.8 Å². The van der Waals surface area contributed by atoms with Crippen LogP contribution in [0.15, 0.2) is 45.0 Å². The monoisotopic (exact) mass is 316 g/mol. The molecule has 0 saturated carbocycles. The predicted molar refractivity (Wildman–Crippen MR) is 92.5 cm³/mol. The van der Waals surface area contributed by atoms with Gasteiger partial charge in [0.05, 0.1) is 6.54 Å². The molecule has 0 aromatic heterocycles. The van der Waals surface area contributed by atoms with Gasteiger partial charge in [0, 0.05) is 5.56 Å². The Hall–Kier alpha value is -1.63. The highest BCUT2D eigenvalue weighted by Crippen LogP contribution is 2.31. The van der Waals surface area contributed by atoms with Gasteiger partial charge < -0.3 is 10.5 Å². The van der Waals surface area contributed by atoms with E-state index in [1.165, 1.54) is 5.56 Å². The van der Waals surface area contributed by atoms with Crippen molar-refractivity contribution in [1.82, 2.24) is 5.32 Å². The first kappa shape index (κ1) is 15.3. The van der Waals surface area contributed by atoms with E-state index in [-0.39, 0.29) is 0 Å². The lowest BCUT2D eigenvalue weighted by molar-refractivity contribution is -0.793. The molecule has 22 heavy (non-hydrogen) atoms. The number of hydrogen-bond donors (Lipinski definition) is 1. The van der Waals surface area contributed by atoms with Crippen LogP contribution in [-0.2, 0) is 0 Å². The van der Waals surface area contributed by atoms with Crippen molar-refractivity contribution in [3.8, 4) is 0 Å². The van der Waals surface area contributed by atoms with Crippen LogP contribution < -0.4 is 5.32 Å². The second kappa shape index (κ2) is 5.87. The molecule has 1 unspecified atom stereocenters. The van der Waals surface area contributed by atoms with Crippen molar-refractivity contribution < 1.29 is 4.65 Å². The molecule has 0 spiro atoms. The Morgan fingerprint density at radius 2 is 2.00 bits per heavy atom. The SMILES string of the molecule is CCC[N+]1([O-])CNC(SC)=C2N=C(c3ccc(C)cc3)N=C21. The van der Waals surface area contributed by atoms with Crippen LogP contribution in [0.5, 0.6) is 0 Å². The number of benzene rings is 1. The molecule has 5 nitrogen and oxygen atoms in total. The number of amidine groups is 2. The summed E-state index contributed by atoms with van der Waals surface area (Å²) in [4.78, 5) is 9.23. The van der Waals surface area contributed by atoms with Crippen LogP contribution in [0, 0.1) is 12.1 Å². The summed E-state index contributed by atoms with van der Waals surface area (Å²) in [5, 5.41) is 17.2. The maximum absolute atomic E-state index is 13.1. The molecule has 2 aliphatic heterocycles. The number of nitrogens with one attached hydrogen (secondary N) is 1. The number of aryl methyl sites for hydroxylation is 1. The highest BCUT2D eigenvalue weighted by molar-refractivity contribution is 8.02. The number of fused-ring (bicyclic) bond motifs is 1. The third kappa shape index (κ3) is 2.58. The van der Waals surface area contributed by atoms with Gasteiger partial charge in [-0.25, -0.2) is 4.99 Å². The van der Waals surface area contributed by atoms with Crippen molar-refractivity contribution in [2.75, 3.05) is 19.5 Å². The molecule has 0 saturated heterocycles. The standard InChI is InChI=1S/C16H20N4OS/c1-4-9-20(21)10-17-16(22-3)13-15(20)19-14(18-13)12-7-5-11(2)6-8-12/h5-8,17H,4,9-10H2,1-3H3. The van der Waals surface area contributed by atoms with Crippen LogP contribution in [0.3, 0.4) is 0 Å². The lowest BCUT2D eigenvalue weighted by Gasteiger charge is -2.44. The summed E-state index contributed by atoms with van der Waals surface area (Å²) < 4.78 is -0.450. The molecular formula is C16H20N4OS. The Balaban J connectivity index is 2.05. The Morgan fingerprint density at radius 3 is 2.64 bits per heavy atom. The summed E-state index contributed by atoms with van der Waals surface area (Å²) in [5.41, 5.74) is 2.85. The summed E-state index contributed by atoms with van der Waals surface area (Å²) in [5.74, 6) is 1.18. The minimum atomic E-state index is -0.450. The van der Waals surface area contributed by atoms with Gasteiger partial charge in [0.15, 0.2) is 18.2 Å². The molecule has 0 aliphatic carbocycles. The third-order valence-corrected chi connectivity index (χ3v) is 4.58. The maximum Gasteiger partial charge on any atom is 0.260 e. The molecule has 2 aliphatic rings. The van der Waals surface area contributed by atoms with Gasteiger partial charge in [0.25, 0.3) is 5.84 Å². The number of rotatable bonds is 4. The minimum absolute atomic E-state index is 0.322. The Morgan fingerprint density at radius 1 is 1.27 bits per heavy atom. The first-order chi connectivity index (χ1) is 10.6. The summed E-state index contributed by atoms with van der Waals surface area (Å²) in [6.45, 7) is 4.89. The molecule has 1 aromatic carbocycles. The summed E-state index contributed by atoms with van der Waals surface area (Å²) in [7, 11) is 0. The molecule has 1 aromatic rings. The molecule has 0 bridgehead atoms. The Bertz CT molecular complexity index is 678. The zero-order valence-corrected chi connectivity index (χ0v) is 13.9. The van der Waals surface area contributed by atoms with Gasteiger partial charge in [-0.3, -0.25) is 4.65 Å². The van der Waals surface area contributed by atoms with Gasteiger partial charge in [-0.15, -0.1) is 11.8 Å². The topological polar surface area (TPSA) is 59.8 Å². The molecule has 116 valence electrons. The van der Waals surface area contributed by atoms with Crippen molar-refractivity contribution in [3.63, 3.8) is 0 Å². The first-order valence-corrected chi connectivity index (χ1v) is 8.65. The van der Waals surface area contributed by atoms with E-state index in [0.717, 1.165) is 17.0 Å². The fourth-order valence-corrected chi connectivity index (χ4v) is 3.21. The van der Waals surface area contributed by atoms with Gasteiger partial charge in [-0.2, -0.15) is 4.99 Å². The largest absolute Gasteiger partial charge is 0.625 e. The lowest BCUT2D eigenvalue weighted by Crippen LogP contribution is -2.56. The number of quaternary nitrogens is 1. The second-order valence-electron chi connectivity index (χ2n) is 5.57. The van der Waals surface area contributed by atoms with E-state index in [9.17, 15) is 5.21 Å². The summed E-state index contributed by atoms with van der Waals surface area (Å²) >= 11 is 1.57. The molecule has 0 radical (unpaired) electrons. The third-order valence-electron chi connectivity index (χ3n) is 3.84. The van der Waals surface area contributed by atoms with Crippen molar-refractivity contribution in [2.45, 2.75) is 20.3 Å². The Labute approximate surface area is 135 Å². The van der Waals surface area contributed by atoms with E-state index in [1.54, 1.807) is 11.8 Å². The van der Waals surface area contributed by atoms with Crippen LogP contribution in [0.4, 0.5) is 0 Å².